The minimum atomic E-state index is -0.461. The molecule has 4 aromatic rings. The molecule has 9 heteroatoms. The third-order valence-electron chi connectivity index (χ3n) is 4.89. The lowest BCUT2D eigenvalue weighted by molar-refractivity contribution is 0.0929. The van der Waals surface area contributed by atoms with Gasteiger partial charge < -0.3 is 13.9 Å². The van der Waals surface area contributed by atoms with E-state index in [0.717, 1.165) is 24.4 Å². The summed E-state index contributed by atoms with van der Waals surface area (Å²) in [5, 5.41) is 4.86. The van der Waals surface area contributed by atoms with Gasteiger partial charge in [-0.15, -0.1) is 0 Å². The molecule has 174 valence electrons. The summed E-state index contributed by atoms with van der Waals surface area (Å²) in [6, 6.07) is 17.1. The summed E-state index contributed by atoms with van der Waals surface area (Å²) >= 11 is 10.4. The molecular formula is C25H19Br3N2O4. The highest BCUT2D eigenvalue weighted by Gasteiger charge is 2.15. The molecule has 0 atom stereocenters. The summed E-state index contributed by atoms with van der Waals surface area (Å²) in [5.74, 6) is 0.839. The first-order chi connectivity index (χ1) is 16.3. The molecule has 0 bridgehead atoms. The van der Waals surface area contributed by atoms with Crippen LogP contribution < -0.4 is 14.9 Å². The average molecular weight is 651 g/mol. The van der Waals surface area contributed by atoms with E-state index in [9.17, 15) is 4.79 Å². The van der Waals surface area contributed by atoms with Crippen LogP contribution in [0.5, 0.6) is 11.5 Å². The van der Waals surface area contributed by atoms with Crippen LogP contribution in [0.2, 0.25) is 0 Å². The van der Waals surface area contributed by atoms with Crippen LogP contribution in [-0.4, -0.2) is 19.2 Å². The van der Waals surface area contributed by atoms with Crippen LogP contribution in [-0.2, 0) is 6.61 Å². The number of amides is 1. The van der Waals surface area contributed by atoms with E-state index in [-0.39, 0.29) is 5.76 Å². The number of nitrogens with one attached hydrogen (secondary N) is 1. The molecule has 0 aliphatic carbocycles. The Kier molecular flexibility index (Phi) is 7.75. The number of hydrazone groups is 1. The SMILES string of the molecule is COc1cc(/C=N\NC(=O)c2cc3cc(Br)cc(Br)c3o2)c(Br)cc1OCc1cccc(C)c1. The largest absolute Gasteiger partial charge is 0.493 e. The van der Waals surface area contributed by atoms with Gasteiger partial charge in [-0.1, -0.05) is 45.8 Å². The van der Waals surface area contributed by atoms with Crippen LogP contribution in [0.15, 0.2) is 77.5 Å². The van der Waals surface area contributed by atoms with Gasteiger partial charge >= 0.3 is 5.91 Å². The second-order valence-electron chi connectivity index (χ2n) is 7.42. The molecule has 0 saturated carbocycles. The second kappa shape index (κ2) is 10.8. The van der Waals surface area contributed by atoms with E-state index in [1.54, 1.807) is 19.2 Å². The summed E-state index contributed by atoms with van der Waals surface area (Å²) in [7, 11) is 1.57. The normalized spacial score (nSPS) is 11.2. The lowest BCUT2D eigenvalue weighted by Crippen LogP contribution is -2.16. The van der Waals surface area contributed by atoms with E-state index in [0.29, 0.717) is 29.3 Å². The maximum absolute atomic E-state index is 12.5. The van der Waals surface area contributed by atoms with Crippen molar-refractivity contribution >= 4 is 70.9 Å². The van der Waals surface area contributed by atoms with Gasteiger partial charge in [-0.3, -0.25) is 4.79 Å². The maximum atomic E-state index is 12.5. The summed E-state index contributed by atoms with van der Waals surface area (Å²) in [5.41, 5.74) is 6.02. The monoisotopic (exact) mass is 648 g/mol. The van der Waals surface area contributed by atoms with Crippen molar-refractivity contribution in [2.75, 3.05) is 7.11 Å². The Labute approximate surface area is 221 Å². The van der Waals surface area contributed by atoms with Crippen LogP contribution in [0.1, 0.15) is 27.2 Å². The first kappa shape index (κ1) is 24.5. The van der Waals surface area contributed by atoms with Gasteiger partial charge in [0.15, 0.2) is 17.3 Å². The highest BCUT2D eigenvalue weighted by Crippen LogP contribution is 2.34. The number of carbonyl (C=O) groups excluding carboxylic acids is 1. The van der Waals surface area contributed by atoms with Crippen molar-refractivity contribution in [2.45, 2.75) is 13.5 Å². The molecule has 0 spiro atoms. The number of aryl methyl sites for hydroxylation is 1. The Morgan fingerprint density at radius 3 is 2.65 bits per heavy atom. The van der Waals surface area contributed by atoms with Gasteiger partial charge in [0.25, 0.3) is 0 Å². The van der Waals surface area contributed by atoms with E-state index in [1.807, 2.05) is 43.3 Å². The minimum absolute atomic E-state index is 0.155. The van der Waals surface area contributed by atoms with E-state index >= 15 is 0 Å². The Hall–Kier alpha value is -2.62. The van der Waals surface area contributed by atoms with Gasteiger partial charge in [-0.25, -0.2) is 5.43 Å². The third kappa shape index (κ3) is 5.71. The number of furan rings is 1. The predicted molar refractivity (Wildman–Crippen MR) is 143 cm³/mol. The van der Waals surface area contributed by atoms with Crippen LogP contribution in [0.4, 0.5) is 0 Å². The number of rotatable bonds is 7. The Balaban J connectivity index is 1.46. The number of fused-ring (bicyclic) bond motifs is 1. The molecule has 34 heavy (non-hydrogen) atoms. The summed E-state index contributed by atoms with van der Waals surface area (Å²) < 4.78 is 19.5. The molecule has 1 N–H and O–H groups in total. The van der Waals surface area contributed by atoms with E-state index < -0.39 is 5.91 Å². The molecular weight excluding hydrogens is 632 g/mol. The second-order valence-corrected chi connectivity index (χ2v) is 10.0. The summed E-state index contributed by atoms with van der Waals surface area (Å²) in [6.45, 7) is 2.46. The zero-order chi connectivity index (χ0) is 24.2. The molecule has 1 aromatic heterocycles. The first-order valence-corrected chi connectivity index (χ1v) is 12.5. The molecule has 0 radical (unpaired) electrons. The van der Waals surface area contributed by atoms with Crippen molar-refractivity contribution in [1.29, 1.82) is 0 Å². The number of methoxy groups -OCH3 is 1. The molecule has 4 rings (SSSR count). The van der Waals surface area contributed by atoms with Gasteiger partial charge in [-0.05, 0) is 74.7 Å². The standard InChI is InChI=1S/C25H19Br3N2O4/c1-14-4-3-5-15(6-14)13-33-22-11-19(27)17(9-21(22)32-2)12-29-30-25(31)23-8-16-7-18(26)10-20(28)24(16)34-23/h3-12H,13H2,1-2H3,(H,30,31)/b29-12-. The first-order valence-electron chi connectivity index (χ1n) is 10.1. The summed E-state index contributed by atoms with van der Waals surface area (Å²) in [6.07, 6.45) is 1.52. The topological polar surface area (TPSA) is 73.1 Å². The van der Waals surface area contributed by atoms with Gasteiger partial charge in [0.05, 0.1) is 17.8 Å². The summed E-state index contributed by atoms with van der Waals surface area (Å²) in [4.78, 5) is 12.5. The maximum Gasteiger partial charge on any atom is 0.307 e. The fourth-order valence-corrected chi connectivity index (χ4v) is 5.05. The van der Waals surface area contributed by atoms with Gasteiger partial charge in [-0.2, -0.15) is 5.10 Å². The Morgan fingerprint density at radius 2 is 1.88 bits per heavy atom. The van der Waals surface area contributed by atoms with Gasteiger partial charge in [0.2, 0.25) is 0 Å². The number of nitrogens with zero attached hydrogens (tertiary/aromatic N) is 1. The van der Waals surface area contributed by atoms with Crippen molar-refractivity contribution < 1.29 is 18.7 Å². The zero-order valence-electron chi connectivity index (χ0n) is 18.2. The van der Waals surface area contributed by atoms with Crippen LogP contribution in [0, 0.1) is 6.92 Å². The van der Waals surface area contributed by atoms with Crippen LogP contribution in [0.3, 0.4) is 0 Å². The number of hydrogen-bond acceptors (Lipinski definition) is 5. The third-order valence-corrected chi connectivity index (χ3v) is 6.62. The number of carbonyl (C=O) groups is 1. The molecule has 0 aliphatic heterocycles. The van der Waals surface area contributed by atoms with Crippen LogP contribution in [0.25, 0.3) is 11.0 Å². The van der Waals surface area contributed by atoms with E-state index in [4.69, 9.17) is 13.9 Å². The van der Waals surface area contributed by atoms with Crippen molar-refractivity contribution in [2.24, 2.45) is 5.10 Å². The van der Waals surface area contributed by atoms with Crippen molar-refractivity contribution in [1.82, 2.24) is 5.43 Å². The minimum Gasteiger partial charge on any atom is -0.493 e. The van der Waals surface area contributed by atoms with E-state index in [1.165, 1.54) is 11.8 Å². The van der Waals surface area contributed by atoms with Crippen molar-refractivity contribution in [3.8, 4) is 11.5 Å². The van der Waals surface area contributed by atoms with Crippen molar-refractivity contribution in [3.63, 3.8) is 0 Å². The highest BCUT2D eigenvalue weighted by molar-refractivity contribution is 9.11. The Bertz CT molecular complexity index is 1400. The predicted octanol–water partition coefficient (Wildman–Crippen LogP) is 7.38. The molecule has 0 fully saturated rings. The van der Waals surface area contributed by atoms with Crippen molar-refractivity contribution in [3.05, 3.63) is 90.5 Å². The van der Waals surface area contributed by atoms with Crippen LogP contribution >= 0.6 is 47.8 Å². The smallest absolute Gasteiger partial charge is 0.307 e. The number of ether oxygens (including phenoxy) is 2. The van der Waals surface area contributed by atoms with Gasteiger partial charge in [0, 0.05) is 19.9 Å². The lowest BCUT2D eigenvalue weighted by atomic mass is 10.1. The lowest BCUT2D eigenvalue weighted by Gasteiger charge is -2.13. The average Bonchev–Trinajstić information content (AvgIpc) is 3.23. The molecule has 0 saturated heterocycles. The zero-order valence-corrected chi connectivity index (χ0v) is 23.0. The highest BCUT2D eigenvalue weighted by atomic mass is 79.9. The number of halogens is 3. The number of benzene rings is 3. The fourth-order valence-electron chi connectivity index (χ4n) is 3.29. The molecule has 1 heterocycles. The van der Waals surface area contributed by atoms with E-state index in [2.05, 4.69) is 64.4 Å². The van der Waals surface area contributed by atoms with Gasteiger partial charge in [0.1, 0.15) is 12.2 Å². The molecule has 1 amide bonds. The molecule has 0 aliphatic rings. The number of hydrogen-bond donors (Lipinski definition) is 1. The molecule has 0 unspecified atom stereocenters. The quantitative estimate of drug-likeness (QED) is 0.167. The molecule has 6 nitrogen and oxygen atoms in total. The fraction of sp³-hybridized carbons (Fsp3) is 0.120. The molecule has 3 aromatic carbocycles. The Morgan fingerprint density at radius 1 is 1.06 bits per heavy atom.